The lowest BCUT2D eigenvalue weighted by atomic mass is 10.2. The number of sulfone groups is 1. The van der Waals surface area contributed by atoms with Crippen molar-refractivity contribution in [2.45, 2.75) is 18.9 Å². The van der Waals surface area contributed by atoms with Gasteiger partial charge in [-0.1, -0.05) is 0 Å². The first-order valence-corrected chi connectivity index (χ1v) is 7.71. The van der Waals surface area contributed by atoms with Crippen molar-refractivity contribution < 1.29 is 13.3 Å². The molecule has 1 aliphatic rings. The molecule has 0 saturated carbocycles. The molecule has 0 aromatic carbocycles. The predicted molar refractivity (Wildman–Crippen MR) is 69.0 cm³/mol. The van der Waals surface area contributed by atoms with Gasteiger partial charge in [0.15, 0.2) is 9.84 Å². The largest absolute Gasteiger partial charge is 0.360 e. The quantitative estimate of drug-likeness (QED) is 0.503. The van der Waals surface area contributed by atoms with Crippen molar-refractivity contribution in [3.63, 3.8) is 0 Å². The van der Waals surface area contributed by atoms with E-state index < -0.39 is 20.8 Å². The molecule has 2 rings (SSSR count). The normalized spacial score (nSPS) is 21.8. The zero-order valence-electron chi connectivity index (χ0n) is 9.74. The highest BCUT2D eigenvalue weighted by atomic mass is 35.5. The fourth-order valence-electron chi connectivity index (χ4n) is 1.92. The Labute approximate surface area is 114 Å². The van der Waals surface area contributed by atoms with Gasteiger partial charge in [0, 0.05) is 6.04 Å². The van der Waals surface area contributed by atoms with Crippen LogP contribution in [0, 0.1) is 10.1 Å². The second-order valence-corrected chi connectivity index (χ2v) is 6.79. The Hall–Kier alpha value is -1.48. The van der Waals surface area contributed by atoms with Gasteiger partial charge in [-0.05, 0) is 24.4 Å². The molecule has 10 heteroatoms. The second-order valence-electron chi connectivity index (χ2n) is 4.23. The molecule has 1 saturated heterocycles. The number of nitrogens with zero attached hydrogens (tertiary/aromatic N) is 3. The SMILES string of the molecule is O=[N+]([O-])c1cnc(Cl)nc1NC1CCCS(=O)(=O)C1. The molecule has 8 nitrogen and oxygen atoms in total. The molecule has 19 heavy (non-hydrogen) atoms. The zero-order chi connectivity index (χ0) is 14.0. The summed E-state index contributed by atoms with van der Waals surface area (Å²) in [6.07, 6.45) is 2.12. The topological polar surface area (TPSA) is 115 Å². The third-order valence-electron chi connectivity index (χ3n) is 2.74. The molecule has 2 heterocycles. The van der Waals surface area contributed by atoms with Gasteiger partial charge in [0.1, 0.15) is 6.20 Å². The minimum Gasteiger partial charge on any atom is -0.360 e. The van der Waals surface area contributed by atoms with E-state index in [0.717, 1.165) is 6.20 Å². The van der Waals surface area contributed by atoms with Gasteiger partial charge in [-0.25, -0.2) is 13.4 Å². The van der Waals surface area contributed by atoms with Crippen LogP contribution >= 0.6 is 11.6 Å². The average molecular weight is 307 g/mol. The molecule has 1 unspecified atom stereocenters. The summed E-state index contributed by atoms with van der Waals surface area (Å²) in [5.41, 5.74) is -0.327. The Kier molecular flexibility index (Phi) is 3.85. The molecule has 0 bridgehead atoms. The third-order valence-corrected chi connectivity index (χ3v) is 4.74. The van der Waals surface area contributed by atoms with E-state index >= 15 is 0 Å². The summed E-state index contributed by atoms with van der Waals surface area (Å²) in [5.74, 6) is 0.0379. The van der Waals surface area contributed by atoms with Crippen molar-refractivity contribution in [3.8, 4) is 0 Å². The molecule has 104 valence electrons. The van der Waals surface area contributed by atoms with E-state index in [1.54, 1.807) is 0 Å². The van der Waals surface area contributed by atoms with Gasteiger partial charge in [0.2, 0.25) is 11.1 Å². The van der Waals surface area contributed by atoms with E-state index in [4.69, 9.17) is 11.6 Å². The fraction of sp³-hybridized carbons (Fsp3) is 0.556. The van der Waals surface area contributed by atoms with Crippen LogP contribution in [0.2, 0.25) is 5.28 Å². The van der Waals surface area contributed by atoms with E-state index in [9.17, 15) is 18.5 Å². The average Bonchev–Trinajstić information content (AvgIpc) is 2.27. The van der Waals surface area contributed by atoms with Crippen LogP contribution < -0.4 is 5.32 Å². The van der Waals surface area contributed by atoms with Crippen LogP contribution in [0.3, 0.4) is 0 Å². The highest BCUT2D eigenvalue weighted by Crippen LogP contribution is 2.25. The highest BCUT2D eigenvalue weighted by molar-refractivity contribution is 7.91. The summed E-state index contributed by atoms with van der Waals surface area (Å²) < 4.78 is 23.0. The monoisotopic (exact) mass is 306 g/mol. The minimum absolute atomic E-state index is 0.0490. The Morgan fingerprint density at radius 1 is 1.53 bits per heavy atom. The number of hydrogen-bond donors (Lipinski definition) is 1. The van der Waals surface area contributed by atoms with Crippen LogP contribution in [0.15, 0.2) is 6.20 Å². The van der Waals surface area contributed by atoms with Crippen molar-refractivity contribution in [2.24, 2.45) is 0 Å². The van der Waals surface area contributed by atoms with Crippen molar-refractivity contribution in [1.82, 2.24) is 9.97 Å². The Balaban J connectivity index is 2.23. The van der Waals surface area contributed by atoms with Gasteiger partial charge in [-0.2, -0.15) is 4.98 Å². The molecule has 1 N–H and O–H groups in total. The summed E-state index contributed by atoms with van der Waals surface area (Å²) in [6.45, 7) is 0. The zero-order valence-corrected chi connectivity index (χ0v) is 11.3. The maximum atomic E-state index is 11.5. The van der Waals surface area contributed by atoms with E-state index in [1.165, 1.54) is 0 Å². The molecule has 1 atom stereocenters. The molecule has 1 aromatic heterocycles. The first-order chi connectivity index (χ1) is 8.87. The van der Waals surface area contributed by atoms with Crippen molar-refractivity contribution in [1.29, 1.82) is 0 Å². The van der Waals surface area contributed by atoms with Crippen LogP contribution in [0.1, 0.15) is 12.8 Å². The second kappa shape index (κ2) is 5.25. The number of nitrogens with one attached hydrogen (secondary N) is 1. The Morgan fingerprint density at radius 2 is 2.26 bits per heavy atom. The molecule has 0 aliphatic carbocycles. The molecule has 0 amide bonds. The van der Waals surface area contributed by atoms with Gasteiger partial charge >= 0.3 is 5.69 Å². The molecule has 1 aliphatic heterocycles. The third kappa shape index (κ3) is 3.51. The predicted octanol–water partition coefficient (Wildman–Crippen LogP) is 1.03. The Bertz CT molecular complexity index is 606. The first kappa shape index (κ1) is 13.9. The molecule has 0 radical (unpaired) electrons. The molecular formula is C9H11ClN4O4S. The van der Waals surface area contributed by atoms with Crippen LogP contribution in [0.25, 0.3) is 0 Å². The number of rotatable bonds is 3. The van der Waals surface area contributed by atoms with Gasteiger partial charge < -0.3 is 5.32 Å². The minimum atomic E-state index is -3.10. The summed E-state index contributed by atoms with van der Waals surface area (Å²) in [6, 6.07) is -0.400. The number of hydrogen-bond acceptors (Lipinski definition) is 7. The number of halogens is 1. The lowest BCUT2D eigenvalue weighted by Crippen LogP contribution is -2.35. The summed E-state index contributed by atoms with van der Waals surface area (Å²) in [4.78, 5) is 17.5. The highest BCUT2D eigenvalue weighted by Gasteiger charge is 2.27. The molecule has 0 spiro atoms. The van der Waals surface area contributed by atoms with Gasteiger partial charge in [0.05, 0.1) is 16.4 Å². The van der Waals surface area contributed by atoms with Crippen molar-refractivity contribution in [3.05, 3.63) is 21.6 Å². The Morgan fingerprint density at radius 3 is 2.89 bits per heavy atom. The maximum absolute atomic E-state index is 11.5. The van der Waals surface area contributed by atoms with E-state index in [1.807, 2.05) is 0 Å². The summed E-state index contributed by atoms with van der Waals surface area (Å²) in [5, 5.41) is 13.5. The van der Waals surface area contributed by atoms with Gasteiger partial charge in [-0.3, -0.25) is 10.1 Å². The molecule has 1 aromatic rings. The van der Waals surface area contributed by atoms with E-state index in [2.05, 4.69) is 15.3 Å². The van der Waals surface area contributed by atoms with E-state index in [-0.39, 0.29) is 28.3 Å². The molecular weight excluding hydrogens is 296 g/mol. The smallest absolute Gasteiger partial charge is 0.329 e. The lowest BCUT2D eigenvalue weighted by Gasteiger charge is -2.23. The lowest BCUT2D eigenvalue weighted by molar-refractivity contribution is -0.384. The number of anilines is 1. The number of aromatic nitrogens is 2. The summed E-state index contributed by atoms with van der Waals surface area (Å²) in [7, 11) is -3.10. The van der Waals surface area contributed by atoms with Gasteiger partial charge in [0.25, 0.3) is 0 Å². The number of nitro groups is 1. The van der Waals surface area contributed by atoms with Crippen LogP contribution in [-0.2, 0) is 9.84 Å². The van der Waals surface area contributed by atoms with Gasteiger partial charge in [-0.15, -0.1) is 0 Å². The van der Waals surface area contributed by atoms with Crippen LogP contribution in [-0.4, -0.2) is 40.9 Å². The first-order valence-electron chi connectivity index (χ1n) is 5.51. The van der Waals surface area contributed by atoms with Crippen LogP contribution in [0.4, 0.5) is 11.5 Å². The molecule has 1 fully saturated rings. The summed E-state index contributed by atoms with van der Waals surface area (Å²) >= 11 is 5.59. The van der Waals surface area contributed by atoms with Crippen molar-refractivity contribution >= 4 is 32.9 Å². The maximum Gasteiger partial charge on any atom is 0.329 e. The van der Waals surface area contributed by atoms with Crippen molar-refractivity contribution in [2.75, 3.05) is 16.8 Å². The standard InChI is InChI=1S/C9H11ClN4O4S/c10-9-11-4-7(14(15)16)8(13-9)12-6-2-1-3-19(17,18)5-6/h4,6H,1-3,5H2,(H,11,12,13). The van der Waals surface area contributed by atoms with E-state index in [0.29, 0.717) is 12.8 Å². The fourth-order valence-corrected chi connectivity index (χ4v) is 3.69. The van der Waals surface area contributed by atoms with Crippen LogP contribution in [0.5, 0.6) is 0 Å².